The van der Waals surface area contributed by atoms with Crippen LogP contribution in [0.2, 0.25) is 0 Å². The molecule has 6 aliphatic heterocycles. The molecule has 582 valence electrons. The van der Waals surface area contributed by atoms with Crippen LogP contribution in [0.15, 0.2) is 73.9 Å². The number of ether oxygens (including phenoxy) is 1. The van der Waals surface area contributed by atoms with E-state index in [4.69, 9.17) is 90.5 Å². The van der Waals surface area contributed by atoms with Gasteiger partial charge in [0, 0.05) is 126 Å². The van der Waals surface area contributed by atoms with Crippen molar-refractivity contribution < 1.29 is 99.1 Å². The van der Waals surface area contributed by atoms with Crippen molar-refractivity contribution in [3.63, 3.8) is 0 Å². The molecule has 0 saturated carbocycles. The van der Waals surface area contributed by atoms with Crippen LogP contribution in [0.3, 0.4) is 0 Å². The van der Waals surface area contributed by atoms with E-state index in [1.807, 2.05) is 80.5 Å². The minimum Gasteiger partial charge on any atom is -0.682 e. The molecule has 8 heterocycles. The summed E-state index contributed by atoms with van der Waals surface area (Å²) in [5.74, 6) is -7.38. The third-order valence-corrected chi connectivity index (χ3v) is 23.4. The zero-order chi connectivity index (χ0) is 77.8. The number of imidazole rings is 1. The first-order valence-electron chi connectivity index (χ1n) is 34.3. The molecule has 19 N–H and O–H groups in total. The maximum atomic E-state index is 14.4. The second-order valence-corrected chi connectivity index (χ2v) is 30.9. The van der Waals surface area contributed by atoms with Crippen molar-refractivity contribution in [3.05, 3.63) is 98.8 Å². The predicted octanol–water partition coefficient (Wildman–Crippen LogP) is 4.54. The molecular formula is C71H101ClCoN15O17P+. The predicted molar refractivity (Wildman–Crippen MR) is 389 cm³/mol. The van der Waals surface area contributed by atoms with Gasteiger partial charge in [0.1, 0.15) is 24.1 Å². The summed E-state index contributed by atoms with van der Waals surface area (Å²) in [7, 11) is -5.07. The van der Waals surface area contributed by atoms with E-state index in [2.05, 4.69) is 15.3 Å². The minimum atomic E-state index is -5.07. The first kappa shape index (κ1) is 88.8. The molecule has 15 atom stereocenters. The number of nitrogens with zero attached hydrogens (tertiary/aromatic N) is 8. The standard InChI is InChI=1S/C62H90N13O14P.C8H11NO3.CN.ClH.Co/c1-29-20-39-40(21-30(29)2)75(28-70-39)57-52(84)53(41(27-76)87-57)89-90(85,86)88-31(3)26-69-49(83)18-19-59(8)37(22-46(66)80)56-62(11)61(10,25-48(68)82)36(14-17-45(65)79)51(74-62)33(5)55-60(9,24-47(67)81)34(12-15-43(63)77)38(71-55)23-42-58(6,7)35(13-16-44(64)78)50(72-42)32(4)54(59)73-56;1-5-8(12)7(4-11)6(3-10)2-9-5;1-2;;/h20-21,23,28,31,34-37,41,52-53,56-57,76,84H,12-19,22,24-27H2,1-11H3,(H15,63,64,65,66,67,68,69,71,72,73,74,77,78,79,80,81,82,83,85,86);2,10-12H,3-4H2,1H3;;1H;/q;;-1;;+3/p-1/t31-,34-,35-,36-,37+,41+,52-,53+,56-,57+,59-,60+,61+,62+;;;;/m1..../s1. The number of hydrogen-bond acceptors (Lipinski definition) is 22. The van der Waals surface area contributed by atoms with E-state index in [9.17, 15) is 58.3 Å². The van der Waals surface area contributed by atoms with E-state index in [0.29, 0.717) is 73.2 Å². The Morgan fingerprint density at radius 3 is 1.92 bits per heavy atom. The van der Waals surface area contributed by atoms with E-state index >= 15 is 0 Å². The van der Waals surface area contributed by atoms with Crippen molar-refractivity contribution in [2.75, 3.05) is 13.2 Å². The Labute approximate surface area is 632 Å². The molecule has 3 aromatic rings. The Bertz CT molecular complexity index is 4160. The summed E-state index contributed by atoms with van der Waals surface area (Å²) in [6, 6.07) is 2.68. The number of aliphatic hydroxyl groups is 4. The molecule has 32 nitrogen and oxygen atoms in total. The number of rotatable bonds is 28. The third-order valence-electron chi connectivity index (χ3n) is 22.2. The van der Waals surface area contributed by atoms with E-state index < -0.39 is 143 Å². The van der Waals surface area contributed by atoms with Crippen LogP contribution in [0.25, 0.3) is 16.4 Å². The maximum absolute atomic E-state index is 14.4. The van der Waals surface area contributed by atoms with Crippen LogP contribution in [0.5, 0.6) is 5.75 Å². The second kappa shape index (κ2) is 35.0. The topological polar surface area (TPSA) is 559 Å². The number of hydrogen-bond donors (Lipinski definition) is 13. The van der Waals surface area contributed by atoms with Crippen LogP contribution in [0, 0.1) is 77.9 Å². The van der Waals surface area contributed by atoms with E-state index in [0.717, 1.165) is 11.1 Å². The number of fused-ring (bicyclic) bond motifs is 7. The van der Waals surface area contributed by atoms with Crippen LogP contribution < -0.4 is 39.7 Å². The van der Waals surface area contributed by atoms with Crippen LogP contribution in [-0.4, -0.2) is 153 Å². The molecule has 2 fully saturated rings. The monoisotopic (exact) mass is 1560 g/mol. The fraction of sp³-hybridized carbons (Fsp3) is 0.592. The van der Waals surface area contributed by atoms with Gasteiger partial charge in [0.2, 0.25) is 41.4 Å². The van der Waals surface area contributed by atoms with E-state index in [1.54, 1.807) is 18.4 Å². The van der Waals surface area contributed by atoms with Gasteiger partial charge in [-0.05, 0) is 126 Å². The normalized spacial score (nSPS) is 30.2. The molecule has 1 unspecified atom stereocenters. The Morgan fingerprint density at radius 2 is 1.36 bits per heavy atom. The van der Waals surface area contributed by atoms with Crippen molar-refractivity contribution in [1.29, 1.82) is 5.26 Å². The number of phosphoric ester groups is 1. The van der Waals surface area contributed by atoms with Gasteiger partial charge in [0.25, 0.3) is 0 Å². The Hall–Kier alpha value is -7.84. The van der Waals surface area contributed by atoms with Gasteiger partial charge in [0.15, 0.2) is 6.23 Å². The van der Waals surface area contributed by atoms with Crippen LogP contribution in [-0.2, 0) is 81.9 Å². The molecule has 0 spiro atoms. The molecule has 0 aliphatic carbocycles. The number of aliphatic imine (C=N–C) groups is 3. The number of nitrogens with two attached hydrogens (primary N) is 6. The molecule has 2 saturated heterocycles. The molecular weight excluding hydrogens is 1460 g/mol. The number of halogens is 1. The molecule has 6 aliphatic rings. The number of aromatic hydroxyl groups is 1. The average Bonchev–Trinajstić information content (AvgIpc) is 1.53. The number of carbonyl (C=O) groups excluding carboxylic acids is 7. The zero-order valence-corrected chi connectivity index (χ0v) is 64.4. The first-order chi connectivity index (χ1) is 48.5. The van der Waals surface area contributed by atoms with Gasteiger partial charge in [-0.25, -0.2) is 9.55 Å². The second-order valence-electron chi connectivity index (χ2n) is 29.5. The quantitative estimate of drug-likeness (QED) is 0.0350. The van der Waals surface area contributed by atoms with E-state index in [1.165, 1.54) is 19.4 Å². The average molecular weight is 1560 g/mol. The fourth-order valence-electron chi connectivity index (χ4n) is 16.3. The number of nitrogens with one attached hydrogen (secondary N) is 1. The van der Waals surface area contributed by atoms with Crippen molar-refractivity contribution in [3.8, 4) is 5.75 Å². The van der Waals surface area contributed by atoms with Gasteiger partial charge in [-0.2, -0.15) is 5.70 Å². The van der Waals surface area contributed by atoms with Gasteiger partial charge in [-0.1, -0.05) is 40.7 Å². The number of amides is 7. The van der Waals surface area contributed by atoms with Crippen molar-refractivity contribution in [1.82, 2.24) is 19.9 Å². The minimum absolute atomic E-state index is 0. The number of benzene rings is 1. The van der Waals surface area contributed by atoms with Gasteiger partial charge in [-0.15, -0.1) is 12.4 Å². The summed E-state index contributed by atoms with van der Waals surface area (Å²) in [5.41, 5.74) is 38.1. The molecule has 1 aromatic carbocycles. The van der Waals surface area contributed by atoms with Crippen molar-refractivity contribution >= 4 is 89.7 Å². The maximum Gasteiger partial charge on any atom is 3.00 e. The molecule has 106 heavy (non-hydrogen) atoms. The number of primary amides is 6. The molecule has 2 aromatic heterocycles. The van der Waals surface area contributed by atoms with Gasteiger partial charge < -0.3 is 96.6 Å². The molecule has 9 rings (SSSR count). The third kappa shape index (κ3) is 18.0. The molecule has 8 bridgehead atoms. The summed E-state index contributed by atoms with van der Waals surface area (Å²) in [5, 5.41) is 63.5. The summed E-state index contributed by atoms with van der Waals surface area (Å²) < 4.78 is 32.3. The number of allylic oxidation sites excluding steroid dienone is 6. The Kier molecular flexibility index (Phi) is 29.3. The van der Waals surface area contributed by atoms with Gasteiger partial charge >= 0.3 is 24.6 Å². The summed E-state index contributed by atoms with van der Waals surface area (Å²) in [6.45, 7) is 25.0. The zero-order valence-electron chi connectivity index (χ0n) is 61.7. The number of aromatic nitrogens is 3. The SMILES string of the molecule is C/C1=C2/[N-][C@H]([C@H](CC(N)=O)[C@@]2(C)CCC(=O)NC[C@@H](C)OP(=O)(O)O[C@@H]2[C@@H](O)[C@@H](n3cnc4cc(C)c(C)cc43)O[C@H]2CO)[C@]2(C)N=C(/C(C)=C3N=C(/C=C4N=C1[C@@H](CCC(N)=O)C\4(C)C)[C@@H](CCC(N)=O)[C@]\3(C)CC(N)=O)[C@@H](CCC(N)=O)[C@]2(C)CC(N)=O.Cc1ncc(CO)c(CO)c1O.Cl.[C-]#N.[Co+3]. The summed E-state index contributed by atoms with van der Waals surface area (Å²) in [6.07, 6.45) is -3.03. The first-order valence-corrected chi connectivity index (χ1v) is 35.8. The van der Waals surface area contributed by atoms with Crippen LogP contribution in [0.1, 0.15) is 167 Å². The van der Waals surface area contributed by atoms with Crippen LogP contribution >= 0.6 is 20.2 Å². The van der Waals surface area contributed by atoms with Crippen molar-refractivity contribution in [2.45, 2.75) is 209 Å². The number of aryl methyl sites for hydroxylation is 3. The largest absolute Gasteiger partial charge is 3.00 e. The van der Waals surface area contributed by atoms with E-state index in [-0.39, 0.29) is 125 Å². The number of aliphatic hydroxyl groups excluding tert-OH is 4. The van der Waals surface area contributed by atoms with Crippen molar-refractivity contribution in [2.24, 2.45) is 94.7 Å². The van der Waals surface area contributed by atoms with Crippen LogP contribution in [0.4, 0.5) is 0 Å². The smallest absolute Gasteiger partial charge is 0.682 e. The summed E-state index contributed by atoms with van der Waals surface area (Å²) >= 11 is 0. The Morgan fingerprint density at radius 1 is 0.774 bits per heavy atom. The van der Waals surface area contributed by atoms with Gasteiger partial charge in [0.05, 0.1) is 60.2 Å². The molecule has 0 radical (unpaired) electrons. The number of phosphoric acid groups is 1. The number of carbonyl (C=O) groups is 7. The molecule has 35 heteroatoms. The number of pyridine rings is 1. The van der Waals surface area contributed by atoms with Gasteiger partial charge in [-0.3, -0.25) is 62.6 Å². The fourth-order valence-corrected chi connectivity index (χ4v) is 17.5. The molecule has 7 amide bonds. The summed E-state index contributed by atoms with van der Waals surface area (Å²) in [4.78, 5) is 129. The Balaban J connectivity index is 0.00000114.